The molecule has 0 amide bonds. The third-order valence-electron chi connectivity index (χ3n) is 7.69. The first-order valence-corrected chi connectivity index (χ1v) is 17.4. The van der Waals surface area contributed by atoms with Crippen LogP contribution in [0.25, 0.3) is 0 Å². The molecule has 0 aliphatic rings. The summed E-state index contributed by atoms with van der Waals surface area (Å²) in [5, 5.41) is 0. The van der Waals surface area contributed by atoms with Crippen LogP contribution in [0.1, 0.15) is 174 Å². The molecule has 0 aromatic carbocycles. The Hall–Kier alpha value is -0.810. The van der Waals surface area contributed by atoms with Crippen LogP contribution in [0.5, 0.6) is 0 Å². The van der Waals surface area contributed by atoms with Crippen LogP contribution in [0.3, 0.4) is 0 Å². The van der Waals surface area contributed by atoms with Gasteiger partial charge in [-0.15, -0.1) is 0 Å². The van der Waals surface area contributed by atoms with Crippen molar-refractivity contribution in [3.05, 3.63) is 0 Å². The molecule has 0 aliphatic heterocycles. The van der Waals surface area contributed by atoms with Gasteiger partial charge < -0.3 is 26.4 Å². The highest BCUT2D eigenvalue weighted by Gasteiger charge is 2.25. The number of rotatable bonds is 30. The summed E-state index contributed by atoms with van der Waals surface area (Å²) < 4.78 is 11.9. The van der Waals surface area contributed by atoms with E-state index in [2.05, 4.69) is 35.0 Å². The molecule has 41 heavy (non-hydrogen) atoms. The second-order valence-electron chi connectivity index (χ2n) is 13.2. The minimum Gasteiger partial charge on any atom is -1.00 e. The maximum Gasteiger partial charge on any atom is 0.309 e. The molecule has 0 rings (SSSR count). The first kappa shape index (κ1) is 42.3. The van der Waals surface area contributed by atoms with Crippen molar-refractivity contribution in [2.45, 2.75) is 180 Å². The van der Waals surface area contributed by atoms with E-state index in [0.29, 0.717) is 24.1 Å². The highest BCUT2D eigenvalue weighted by Crippen LogP contribution is 2.15. The van der Waals surface area contributed by atoms with Gasteiger partial charge in [0.1, 0.15) is 6.54 Å². The van der Waals surface area contributed by atoms with Gasteiger partial charge in [-0.1, -0.05) is 149 Å². The average Bonchev–Trinajstić information content (AvgIpc) is 2.89. The molecule has 0 radical (unpaired) electrons. The summed E-state index contributed by atoms with van der Waals surface area (Å²) in [6.07, 6.45) is 29.5. The SMILES string of the molecule is CCCCCCCCCCCCCCOC(=O)C[C@@H](C[N+](C)(C)C)OC(=O)CCCCCCCCCCCCC.[Cl-]. The van der Waals surface area contributed by atoms with Crippen molar-refractivity contribution >= 4 is 11.9 Å². The molecule has 0 bridgehead atoms. The molecule has 0 saturated carbocycles. The second-order valence-corrected chi connectivity index (χ2v) is 13.2. The van der Waals surface area contributed by atoms with Crippen molar-refractivity contribution in [2.24, 2.45) is 0 Å². The predicted octanol–water partition coefficient (Wildman–Crippen LogP) is 6.94. The number of carbonyl (C=O) groups is 2. The number of likely N-dealkylation sites (N-methyl/N-ethyl adjacent to an activating group) is 1. The quantitative estimate of drug-likeness (QED) is 0.0507. The smallest absolute Gasteiger partial charge is 0.309 e. The second kappa shape index (κ2) is 30.6. The lowest BCUT2D eigenvalue weighted by molar-refractivity contribution is -0.873. The Kier molecular flexibility index (Phi) is 31.6. The summed E-state index contributed by atoms with van der Waals surface area (Å²) in [5.41, 5.74) is 0. The average molecular weight is 604 g/mol. The zero-order chi connectivity index (χ0) is 29.7. The standard InChI is InChI=1S/C35H70NO4.ClH/c1-6-8-10-12-14-16-18-20-22-24-26-28-30-39-35(38)31-33(32-36(3,4)5)40-34(37)29-27-25-23-21-19-17-15-13-11-9-7-2;/h33H,6-32H2,1-5H3;1H/q+1;/p-1/t33-;/m0./s1. The number of esters is 2. The summed E-state index contributed by atoms with van der Waals surface area (Å²) in [7, 11) is 6.17. The van der Waals surface area contributed by atoms with E-state index in [9.17, 15) is 9.59 Å². The summed E-state index contributed by atoms with van der Waals surface area (Å²) in [4.78, 5) is 24.9. The summed E-state index contributed by atoms with van der Waals surface area (Å²) >= 11 is 0. The molecule has 5 nitrogen and oxygen atoms in total. The Morgan fingerprint density at radius 2 is 0.902 bits per heavy atom. The number of carbonyl (C=O) groups excluding carboxylic acids is 2. The Morgan fingerprint density at radius 1 is 0.537 bits per heavy atom. The first-order chi connectivity index (χ1) is 19.3. The molecule has 0 aromatic heterocycles. The van der Waals surface area contributed by atoms with Crippen molar-refractivity contribution in [2.75, 3.05) is 34.3 Å². The van der Waals surface area contributed by atoms with Crippen molar-refractivity contribution in [1.29, 1.82) is 0 Å². The van der Waals surface area contributed by atoms with Crippen LogP contribution < -0.4 is 12.4 Å². The molecule has 6 heteroatoms. The molecule has 246 valence electrons. The van der Waals surface area contributed by atoms with Gasteiger partial charge in [-0.05, 0) is 12.8 Å². The Bertz CT molecular complexity index is 579. The van der Waals surface area contributed by atoms with Crippen LogP contribution >= 0.6 is 0 Å². The molecule has 0 aromatic rings. The largest absolute Gasteiger partial charge is 1.00 e. The summed E-state index contributed by atoms with van der Waals surface area (Å²) in [6.45, 7) is 5.61. The fraction of sp³-hybridized carbons (Fsp3) is 0.943. The van der Waals surface area contributed by atoms with Gasteiger partial charge in [0.05, 0.1) is 34.2 Å². The Balaban J connectivity index is 0. The zero-order valence-electron chi connectivity index (χ0n) is 28.1. The van der Waals surface area contributed by atoms with Gasteiger partial charge in [-0.3, -0.25) is 9.59 Å². The van der Waals surface area contributed by atoms with E-state index in [-0.39, 0.29) is 30.8 Å². The number of nitrogens with zero attached hydrogens (tertiary/aromatic N) is 1. The zero-order valence-corrected chi connectivity index (χ0v) is 28.9. The maximum absolute atomic E-state index is 12.5. The topological polar surface area (TPSA) is 52.6 Å². The third kappa shape index (κ3) is 33.6. The van der Waals surface area contributed by atoms with Gasteiger partial charge in [0, 0.05) is 6.42 Å². The summed E-state index contributed by atoms with van der Waals surface area (Å²) in [6, 6.07) is 0. The maximum atomic E-state index is 12.5. The normalized spacial score (nSPS) is 12.1. The van der Waals surface area contributed by atoms with Gasteiger partial charge in [0.25, 0.3) is 0 Å². The van der Waals surface area contributed by atoms with Gasteiger partial charge in [-0.25, -0.2) is 0 Å². The lowest BCUT2D eigenvalue weighted by Gasteiger charge is -2.28. The van der Waals surface area contributed by atoms with Gasteiger partial charge in [-0.2, -0.15) is 0 Å². The minimum atomic E-state index is -0.422. The molecule has 0 saturated heterocycles. The van der Waals surface area contributed by atoms with Crippen LogP contribution in [0, 0.1) is 0 Å². The number of unbranched alkanes of at least 4 members (excludes halogenated alkanes) is 21. The highest BCUT2D eigenvalue weighted by atomic mass is 35.5. The highest BCUT2D eigenvalue weighted by molar-refractivity contribution is 5.72. The number of quaternary nitrogens is 1. The van der Waals surface area contributed by atoms with Gasteiger partial charge in [0.15, 0.2) is 6.10 Å². The van der Waals surface area contributed by atoms with Crippen LogP contribution in [0.15, 0.2) is 0 Å². The van der Waals surface area contributed by atoms with Crippen LogP contribution in [-0.4, -0.2) is 56.8 Å². The van der Waals surface area contributed by atoms with E-state index in [1.54, 1.807) is 0 Å². The lowest BCUT2D eigenvalue weighted by atomic mass is 10.1. The molecule has 0 spiro atoms. The van der Waals surface area contributed by atoms with Crippen molar-refractivity contribution in [1.82, 2.24) is 0 Å². The molecule has 0 fully saturated rings. The lowest BCUT2D eigenvalue weighted by Crippen LogP contribution is -3.00. The van der Waals surface area contributed by atoms with E-state index in [4.69, 9.17) is 9.47 Å². The molecule has 1 atom stereocenters. The number of halogens is 1. The summed E-state index contributed by atoms with van der Waals surface area (Å²) in [5.74, 6) is -0.424. The van der Waals surface area contributed by atoms with Crippen molar-refractivity contribution < 1.29 is 36.0 Å². The fourth-order valence-electron chi connectivity index (χ4n) is 5.31. The van der Waals surface area contributed by atoms with Crippen molar-refractivity contribution in [3.63, 3.8) is 0 Å². The van der Waals surface area contributed by atoms with Crippen LogP contribution in [0.2, 0.25) is 0 Å². The monoisotopic (exact) mass is 603 g/mol. The van der Waals surface area contributed by atoms with E-state index in [1.807, 2.05) is 0 Å². The number of ether oxygens (including phenoxy) is 2. The third-order valence-corrected chi connectivity index (χ3v) is 7.69. The molecular weight excluding hydrogens is 534 g/mol. The van der Waals surface area contributed by atoms with Crippen molar-refractivity contribution in [3.8, 4) is 0 Å². The first-order valence-electron chi connectivity index (χ1n) is 17.4. The van der Waals surface area contributed by atoms with Crippen LogP contribution in [0.4, 0.5) is 0 Å². The van der Waals surface area contributed by atoms with E-state index in [0.717, 1.165) is 25.7 Å². The van der Waals surface area contributed by atoms with E-state index >= 15 is 0 Å². The Morgan fingerprint density at radius 3 is 1.29 bits per heavy atom. The Labute approximate surface area is 262 Å². The molecule has 0 unspecified atom stereocenters. The molecular formula is C35H70ClNO4. The van der Waals surface area contributed by atoms with Crippen LogP contribution in [-0.2, 0) is 19.1 Å². The van der Waals surface area contributed by atoms with E-state index in [1.165, 1.54) is 122 Å². The number of hydrogen-bond acceptors (Lipinski definition) is 4. The molecule has 0 N–H and O–H groups in total. The fourth-order valence-corrected chi connectivity index (χ4v) is 5.31. The van der Waals surface area contributed by atoms with Gasteiger partial charge >= 0.3 is 11.9 Å². The minimum absolute atomic E-state index is 0. The number of hydrogen-bond donors (Lipinski definition) is 0. The molecule has 0 heterocycles. The van der Waals surface area contributed by atoms with E-state index < -0.39 is 6.10 Å². The predicted molar refractivity (Wildman–Crippen MR) is 171 cm³/mol. The molecule has 0 aliphatic carbocycles. The van der Waals surface area contributed by atoms with Gasteiger partial charge in [0.2, 0.25) is 0 Å².